The van der Waals surface area contributed by atoms with Crippen molar-refractivity contribution in [2.24, 2.45) is 0 Å². The van der Waals surface area contributed by atoms with Crippen molar-refractivity contribution in [2.75, 3.05) is 6.54 Å². The van der Waals surface area contributed by atoms with Gasteiger partial charge in [-0.05, 0) is 31.9 Å². The summed E-state index contributed by atoms with van der Waals surface area (Å²) in [5.74, 6) is -0.164. The quantitative estimate of drug-likeness (QED) is 0.778. The fourth-order valence-electron chi connectivity index (χ4n) is 2.98. The van der Waals surface area contributed by atoms with Crippen LogP contribution in [0, 0.1) is 6.92 Å². The molecule has 1 aliphatic rings. The smallest absolute Gasteiger partial charge is 0.245 e. The molecule has 1 aliphatic heterocycles. The van der Waals surface area contributed by atoms with Gasteiger partial charge in [-0.2, -0.15) is 4.31 Å². The van der Waals surface area contributed by atoms with Gasteiger partial charge in [0.05, 0.1) is 11.1 Å². The van der Waals surface area contributed by atoms with Crippen LogP contribution in [0.25, 0.3) is 0 Å². The molecule has 6 heteroatoms. The molecule has 0 amide bonds. The molecule has 0 saturated carbocycles. The molecule has 2 aromatic carbocycles. The SMILES string of the molecule is Cc1ccc(C(=O)C2CCCN2S(=O)(=O)c2ccccc2Cl)cc1. The predicted octanol–water partition coefficient (Wildman–Crippen LogP) is 3.68. The van der Waals surface area contributed by atoms with Crippen LogP contribution in [0.3, 0.4) is 0 Å². The van der Waals surface area contributed by atoms with Crippen molar-refractivity contribution < 1.29 is 13.2 Å². The highest BCUT2D eigenvalue weighted by Crippen LogP contribution is 2.31. The van der Waals surface area contributed by atoms with E-state index in [-0.39, 0.29) is 15.7 Å². The summed E-state index contributed by atoms with van der Waals surface area (Å²) < 4.78 is 27.2. The number of aryl methyl sites for hydroxylation is 1. The van der Waals surface area contributed by atoms with Crippen molar-refractivity contribution in [2.45, 2.75) is 30.7 Å². The van der Waals surface area contributed by atoms with Gasteiger partial charge in [0.15, 0.2) is 5.78 Å². The number of halogens is 1. The Morgan fingerprint density at radius 2 is 1.79 bits per heavy atom. The van der Waals surface area contributed by atoms with Crippen LogP contribution in [-0.4, -0.2) is 31.1 Å². The zero-order valence-electron chi connectivity index (χ0n) is 13.3. The van der Waals surface area contributed by atoms with Crippen molar-refractivity contribution >= 4 is 27.4 Å². The van der Waals surface area contributed by atoms with Gasteiger partial charge in [0, 0.05) is 12.1 Å². The van der Waals surface area contributed by atoms with Crippen LogP contribution in [0.5, 0.6) is 0 Å². The maximum absolute atomic E-state index is 12.9. The minimum absolute atomic E-state index is 0.0512. The molecule has 1 atom stereocenters. The van der Waals surface area contributed by atoms with E-state index in [9.17, 15) is 13.2 Å². The molecule has 1 fully saturated rings. The van der Waals surface area contributed by atoms with E-state index in [0.717, 1.165) is 5.56 Å². The van der Waals surface area contributed by atoms with Gasteiger partial charge in [0.25, 0.3) is 0 Å². The van der Waals surface area contributed by atoms with E-state index >= 15 is 0 Å². The van der Waals surface area contributed by atoms with E-state index in [4.69, 9.17) is 11.6 Å². The fraction of sp³-hybridized carbons (Fsp3) is 0.278. The monoisotopic (exact) mass is 363 g/mol. The Morgan fingerprint density at radius 3 is 2.46 bits per heavy atom. The third-order valence-corrected chi connectivity index (χ3v) is 6.67. The Kier molecular flexibility index (Phi) is 4.76. The lowest BCUT2D eigenvalue weighted by molar-refractivity contribution is 0.0918. The summed E-state index contributed by atoms with van der Waals surface area (Å²) in [6.45, 7) is 2.27. The van der Waals surface area contributed by atoms with Crippen LogP contribution in [-0.2, 0) is 10.0 Å². The van der Waals surface area contributed by atoms with E-state index in [1.165, 1.54) is 10.4 Å². The fourth-order valence-corrected chi connectivity index (χ4v) is 5.13. The summed E-state index contributed by atoms with van der Waals surface area (Å²) in [4.78, 5) is 12.8. The summed E-state index contributed by atoms with van der Waals surface area (Å²) in [5.41, 5.74) is 1.59. The van der Waals surface area contributed by atoms with Crippen molar-refractivity contribution in [3.63, 3.8) is 0 Å². The zero-order valence-corrected chi connectivity index (χ0v) is 14.8. The molecule has 2 aromatic rings. The second kappa shape index (κ2) is 6.67. The van der Waals surface area contributed by atoms with Gasteiger partial charge >= 0.3 is 0 Å². The lowest BCUT2D eigenvalue weighted by Gasteiger charge is -2.23. The van der Waals surface area contributed by atoms with Crippen LogP contribution in [0.4, 0.5) is 0 Å². The lowest BCUT2D eigenvalue weighted by atomic mass is 10.0. The number of nitrogens with zero attached hydrogens (tertiary/aromatic N) is 1. The predicted molar refractivity (Wildman–Crippen MR) is 93.9 cm³/mol. The summed E-state index contributed by atoms with van der Waals surface area (Å²) in [6, 6.07) is 12.9. The Morgan fingerprint density at radius 1 is 1.12 bits per heavy atom. The number of benzene rings is 2. The number of rotatable bonds is 4. The van der Waals surface area contributed by atoms with Crippen molar-refractivity contribution in [1.82, 2.24) is 4.31 Å². The number of hydrogen-bond acceptors (Lipinski definition) is 3. The topological polar surface area (TPSA) is 54.5 Å². The molecule has 4 nitrogen and oxygen atoms in total. The molecular formula is C18H18ClNO3S. The molecule has 0 aliphatic carbocycles. The van der Waals surface area contributed by atoms with E-state index < -0.39 is 16.1 Å². The normalized spacial score (nSPS) is 18.7. The number of Topliss-reactive ketones (excluding diaryl/α,β-unsaturated/α-hetero) is 1. The maximum Gasteiger partial charge on any atom is 0.245 e. The van der Waals surface area contributed by atoms with Gasteiger partial charge in [0.2, 0.25) is 10.0 Å². The van der Waals surface area contributed by atoms with Crippen molar-refractivity contribution in [3.8, 4) is 0 Å². The van der Waals surface area contributed by atoms with Crippen molar-refractivity contribution in [3.05, 3.63) is 64.7 Å². The third kappa shape index (κ3) is 3.11. The number of carbonyl (C=O) groups excluding carboxylic acids is 1. The van der Waals surface area contributed by atoms with Gasteiger partial charge in [-0.15, -0.1) is 0 Å². The highest BCUT2D eigenvalue weighted by atomic mass is 35.5. The van der Waals surface area contributed by atoms with E-state index in [1.54, 1.807) is 30.3 Å². The summed E-state index contributed by atoms with van der Waals surface area (Å²) in [7, 11) is -3.80. The second-order valence-electron chi connectivity index (χ2n) is 5.93. The maximum atomic E-state index is 12.9. The van der Waals surface area contributed by atoms with Crippen LogP contribution >= 0.6 is 11.6 Å². The number of carbonyl (C=O) groups is 1. The van der Waals surface area contributed by atoms with Gasteiger partial charge in [0.1, 0.15) is 4.90 Å². The first-order valence-electron chi connectivity index (χ1n) is 7.78. The van der Waals surface area contributed by atoms with Crippen LogP contribution in [0.2, 0.25) is 5.02 Å². The summed E-state index contributed by atoms with van der Waals surface area (Å²) in [5, 5.41) is 0.172. The number of hydrogen-bond donors (Lipinski definition) is 0. The molecule has 0 bridgehead atoms. The molecular weight excluding hydrogens is 346 g/mol. The highest BCUT2D eigenvalue weighted by molar-refractivity contribution is 7.89. The minimum atomic E-state index is -3.80. The first-order valence-corrected chi connectivity index (χ1v) is 9.60. The second-order valence-corrected chi connectivity index (χ2v) is 8.20. The molecule has 24 heavy (non-hydrogen) atoms. The number of ketones is 1. The van der Waals surface area contributed by atoms with Gasteiger partial charge in [-0.25, -0.2) is 8.42 Å². The molecule has 3 rings (SSSR count). The first-order chi connectivity index (χ1) is 11.4. The molecule has 0 N–H and O–H groups in total. The third-order valence-electron chi connectivity index (χ3n) is 4.27. The first kappa shape index (κ1) is 17.1. The van der Waals surface area contributed by atoms with Crippen LogP contribution in [0.15, 0.2) is 53.4 Å². The van der Waals surface area contributed by atoms with Crippen molar-refractivity contribution in [1.29, 1.82) is 0 Å². The molecule has 1 heterocycles. The zero-order chi connectivity index (χ0) is 17.3. The van der Waals surface area contributed by atoms with Gasteiger partial charge in [-0.3, -0.25) is 4.79 Å². The van der Waals surface area contributed by atoms with Crippen LogP contribution < -0.4 is 0 Å². The molecule has 0 spiro atoms. The largest absolute Gasteiger partial charge is 0.292 e. The molecule has 126 valence electrons. The van der Waals surface area contributed by atoms with Gasteiger partial charge in [-0.1, -0.05) is 53.6 Å². The number of sulfonamides is 1. The molecule has 0 radical (unpaired) electrons. The molecule has 0 aromatic heterocycles. The highest BCUT2D eigenvalue weighted by Gasteiger charge is 2.40. The van der Waals surface area contributed by atoms with E-state index in [1.807, 2.05) is 19.1 Å². The minimum Gasteiger partial charge on any atom is -0.292 e. The average molecular weight is 364 g/mol. The van der Waals surface area contributed by atoms with E-state index in [2.05, 4.69) is 0 Å². The summed E-state index contributed by atoms with van der Waals surface area (Å²) >= 11 is 6.06. The molecule has 1 saturated heterocycles. The van der Waals surface area contributed by atoms with E-state index in [0.29, 0.717) is 24.9 Å². The summed E-state index contributed by atoms with van der Waals surface area (Å²) in [6.07, 6.45) is 1.18. The average Bonchev–Trinajstić information content (AvgIpc) is 3.05. The Hall–Kier alpha value is -1.69. The van der Waals surface area contributed by atoms with Crippen LogP contribution in [0.1, 0.15) is 28.8 Å². The Bertz CT molecular complexity index is 862. The lowest BCUT2D eigenvalue weighted by Crippen LogP contribution is -2.40. The Labute approximate surface area is 147 Å². The Balaban J connectivity index is 1.94. The van der Waals surface area contributed by atoms with Gasteiger partial charge < -0.3 is 0 Å². The standard InChI is InChI=1S/C18H18ClNO3S/c1-13-8-10-14(11-9-13)18(21)16-6-4-12-20(16)24(22,23)17-7-3-2-5-15(17)19/h2-3,5,7-11,16H,4,6,12H2,1H3. The molecule has 1 unspecified atom stereocenters.